The summed E-state index contributed by atoms with van der Waals surface area (Å²) >= 11 is 1.56. The summed E-state index contributed by atoms with van der Waals surface area (Å²) in [5.74, 6) is 0.0703. The molecule has 2 N–H and O–H groups in total. The van der Waals surface area contributed by atoms with E-state index in [1.165, 1.54) is 0 Å². The summed E-state index contributed by atoms with van der Waals surface area (Å²) in [7, 11) is 0. The van der Waals surface area contributed by atoms with E-state index >= 15 is 0 Å². The second kappa shape index (κ2) is 3.67. The number of primary amides is 1. The summed E-state index contributed by atoms with van der Waals surface area (Å²) in [6.45, 7) is 1.59. The highest BCUT2D eigenvalue weighted by Crippen LogP contribution is 2.24. The molecule has 1 amide bonds. The first-order valence-corrected chi connectivity index (χ1v) is 6.20. The molecule has 0 radical (unpaired) electrons. The first-order valence-electron chi connectivity index (χ1n) is 5.32. The van der Waals surface area contributed by atoms with Crippen LogP contribution in [0.15, 0.2) is 22.3 Å². The van der Waals surface area contributed by atoms with E-state index in [2.05, 4.69) is 5.10 Å². The molecule has 3 aromatic heterocycles. The van der Waals surface area contributed by atoms with Gasteiger partial charge in [-0.05, 0) is 24.4 Å². The molecule has 3 heterocycles. The number of aryl methyl sites for hydroxylation is 1. The van der Waals surface area contributed by atoms with Crippen molar-refractivity contribution < 1.29 is 4.79 Å². The summed E-state index contributed by atoms with van der Waals surface area (Å²) in [6, 6.07) is 3.76. The van der Waals surface area contributed by atoms with Crippen LogP contribution in [0.25, 0.3) is 15.7 Å². The normalized spacial score (nSPS) is 11.4. The predicted octanol–water partition coefficient (Wildman–Crippen LogP) is 0.504. The van der Waals surface area contributed by atoms with Crippen molar-refractivity contribution >= 4 is 33.0 Å². The van der Waals surface area contributed by atoms with E-state index in [1.54, 1.807) is 22.7 Å². The molecule has 6 nitrogen and oxygen atoms in total. The van der Waals surface area contributed by atoms with Gasteiger partial charge in [0.05, 0.1) is 10.2 Å². The Kier molecular flexibility index (Phi) is 2.24. The van der Waals surface area contributed by atoms with Crippen molar-refractivity contribution in [3.63, 3.8) is 0 Å². The van der Waals surface area contributed by atoms with E-state index in [0.717, 1.165) is 14.9 Å². The second-order valence-corrected chi connectivity index (χ2v) is 4.96. The lowest BCUT2D eigenvalue weighted by Gasteiger charge is -2.06. The summed E-state index contributed by atoms with van der Waals surface area (Å²) < 4.78 is 3.93. The number of aromatic nitrogens is 3. The minimum atomic E-state index is -0.582. The fourth-order valence-corrected chi connectivity index (χ4v) is 2.89. The first kappa shape index (κ1) is 11.0. The number of amides is 1. The molecule has 0 aliphatic carbocycles. The molecule has 0 aliphatic heterocycles. The van der Waals surface area contributed by atoms with E-state index in [0.29, 0.717) is 11.3 Å². The maximum absolute atomic E-state index is 12.2. The van der Waals surface area contributed by atoms with Crippen LogP contribution >= 0.6 is 11.3 Å². The Labute approximate surface area is 105 Å². The van der Waals surface area contributed by atoms with Crippen LogP contribution in [0.1, 0.15) is 5.82 Å². The van der Waals surface area contributed by atoms with Gasteiger partial charge in [-0.15, -0.1) is 11.3 Å². The van der Waals surface area contributed by atoms with Crippen LogP contribution in [-0.4, -0.2) is 20.1 Å². The Morgan fingerprint density at radius 3 is 3.00 bits per heavy atom. The Bertz CT molecular complexity index is 827. The Morgan fingerprint density at radius 2 is 2.28 bits per heavy atom. The van der Waals surface area contributed by atoms with Gasteiger partial charge in [0.15, 0.2) is 0 Å². The maximum Gasteiger partial charge on any atom is 0.291 e. The van der Waals surface area contributed by atoms with Crippen molar-refractivity contribution in [1.29, 1.82) is 0 Å². The standard InChI is InChI=1S/C11H10N4O2S/c1-6-13-14(5-10(12)16)11(17)8-4-9-7(15(6)8)2-3-18-9/h2-4H,5H2,1H3,(H2,12,16). The van der Waals surface area contributed by atoms with Crippen LogP contribution in [0.3, 0.4) is 0 Å². The topological polar surface area (TPSA) is 82.4 Å². The number of fused-ring (bicyclic) bond motifs is 3. The summed E-state index contributed by atoms with van der Waals surface area (Å²) in [5, 5.41) is 6.08. The van der Waals surface area contributed by atoms with Gasteiger partial charge in [0.1, 0.15) is 17.9 Å². The predicted molar refractivity (Wildman–Crippen MR) is 68.8 cm³/mol. The van der Waals surface area contributed by atoms with Gasteiger partial charge in [0.2, 0.25) is 5.91 Å². The van der Waals surface area contributed by atoms with Gasteiger partial charge in [-0.1, -0.05) is 0 Å². The third kappa shape index (κ3) is 1.44. The minimum Gasteiger partial charge on any atom is -0.368 e. The van der Waals surface area contributed by atoms with Crippen LogP contribution in [0, 0.1) is 6.92 Å². The average molecular weight is 262 g/mol. The number of thiophene rings is 1. The van der Waals surface area contributed by atoms with E-state index < -0.39 is 5.91 Å². The molecule has 0 atom stereocenters. The van der Waals surface area contributed by atoms with Gasteiger partial charge in [-0.2, -0.15) is 5.10 Å². The zero-order chi connectivity index (χ0) is 12.9. The Hall–Kier alpha value is -2.15. The molecule has 0 saturated heterocycles. The Balaban J connectivity index is 2.41. The third-order valence-electron chi connectivity index (χ3n) is 2.77. The smallest absolute Gasteiger partial charge is 0.291 e. The molecule has 92 valence electrons. The number of carbonyl (C=O) groups excluding carboxylic acids is 1. The fourth-order valence-electron chi connectivity index (χ4n) is 2.08. The molecule has 7 heteroatoms. The molecule has 0 aromatic carbocycles. The zero-order valence-electron chi connectivity index (χ0n) is 9.58. The van der Waals surface area contributed by atoms with Gasteiger partial charge < -0.3 is 5.73 Å². The molecular weight excluding hydrogens is 252 g/mol. The molecule has 0 aliphatic rings. The van der Waals surface area contributed by atoms with E-state index in [4.69, 9.17) is 5.73 Å². The fraction of sp³-hybridized carbons (Fsp3) is 0.182. The van der Waals surface area contributed by atoms with Crippen molar-refractivity contribution in [3.05, 3.63) is 33.7 Å². The lowest BCUT2D eigenvalue weighted by molar-refractivity contribution is -0.118. The Morgan fingerprint density at radius 1 is 1.50 bits per heavy atom. The molecule has 0 spiro atoms. The van der Waals surface area contributed by atoms with Crippen molar-refractivity contribution in [2.24, 2.45) is 5.73 Å². The van der Waals surface area contributed by atoms with Gasteiger partial charge in [-0.25, -0.2) is 4.68 Å². The van der Waals surface area contributed by atoms with Crippen LogP contribution in [-0.2, 0) is 11.3 Å². The molecule has 0 unspecified atom stereocenters. The van der Waals surface area contributed by atoms with Crippen LogP contribution in [0.2, 0.25) is 0 Å². The number of nitrogens with zero attached hydrogens (tertiary/aromatic N) is 3. The van der Waals surface area contributed by atoms with Gasteiger partial charge >= 0.3 is 0 Å². The van der Waals surface area contributed by atoms with Crippen molar-refractivity contribution in [2.75, 3.05) is 0 Å². The molecular formula is C11H10N4O2S. The molecule has 3 aromatic rings. The number of hydrogen-bond acceptors (Lipinski definition) is 4. The van der Waals surface area contributed by atoms with Crippen LogP contribution in [0.5, 0.6) is 0 Å². The monoisotopic (exact) mass is 262 g/mol. The van der Waals surface area contributed by atoms with Crippen molar-refractivity contribution in [2.45, 2.75) is 13.5 Å². The van der Waals surface area contributed by atoms with Crippen molar-refractivity contribution in [3.8, 4) is 0 Å². The quantitative estimate of drug-likeness (QED) is 0.730. The highest BCUT2D eigenvalue weighted by molar-refractivity contribution is 7.17. The minimum absolute atomic E-state index is 0.199. The van der Waals surface area contributed by atoms with E-state index in [1.807, 2.05) is 17.5 Å². The lowest BCUT2D eigenvalue weighted by Crippen LogP contribution is -2.31. The van der Waals surface area contributed by atoms with Gasteiger partial charge in [-0.3, -0.25) is 14.0 Å². The first-order chi connectivity index (χ1) is 8.58. The summed E-state index contributed by atoms with van der Waals surface area (Å²) in [6.07, 6.45) is 0. The summed E-state index contributed by atoms with van der Waals surface area (Å²) in [4.78, 5) is 23.1. The van der Waals surface area contributed by atoms with Crippen LogP contribution < -0.4 is 11.3 Å². The molecule has 0 saturated carbocycles. The number of nitrogens with two attached hydrogens (primary N) is 1. The molecule has 0 bridgehead atoms. The number of rotatable bonds is 2. The molecule has 18 heavy (non-hydrogen) atoms. The van der Waals surface area contributed by atoms with E-state index in [9.17, 15) is 9.59 Å². The molecule has 0 fully saturated rings. The largest absolute Gasteiger partial charge is 0.368 e. The average Bonchev–Trinajstić information content (AvgIpc) is 2.83. The maximum atomic E-state index is 12.2. The van der Waals surface area contributed by atoms with Crippen LogP contribution in [0.4, 0.5) is 0 Å². The third-order valence-corrected chi connectivity index (χ3v) is 3.62. The van der Waals surface area contributed by atoms with Gasteiger partial charge in [0, 0.05) is 0 Å². The number of hydrogen-bond donors (Lipinski definition) is 1. The van der Waals surface area contributed by atoms with Crippen molar-refractivity contribution in [1.82, 2.24) is 14.2 Å². The SMILES string of the molecule is Cc1nn(CC(N)=O)c(=O)c2cc3sccc3n12. The highest BCUT2D eigenvalue weighted by Gasteiger charge is 2.13. The highest BCUT2D eigenvalue weighted by atomic mass is 32.1. The second-order valence-electron chi connectivity index (χ2n) is 4.01. The lowest BCUT2D eigenvalue weighted by atomic mass is 10.5. The summed E-state index contributed by atoms with van der Waals surface area (Å²) in [5.41, 5.74) is 6.28. The molecule has 3 rings (SSSR count). The van der Waals surface area contributed by atoms with E-state index in [-0.39, 0.29) is 12.1 Å². The zero-order valence-corrected chi connectivity index (χ0v) is 10.4. The van der Waals surface area contributed by atoms with Gasteiger partial charge in [0.25, 0.3) is 5.56 Å². The number of carbonyl (C=O) groups is 1.